The number of rotatable bonds is 2. The van der Waals surface area contributed by atoms with Gasteiger partial charge in [0.05, 0.1) is 14.2 Å². The highest BCUT2D eigenvalue weighted by atomic mass is 16.5. The zero-order chi connectivity index (χ0) is 13.2. The zero-order valence-corrected chi connectivity index (χ0v) is 9.80. The number of methoxy groups -OCH3 is 2. The first-order valence-electron chi connectivity index (χ1n) is 5.00. The fraction of sp³-hybridized carbons (Fsp3) is 0.545. The van der Waals surface area contributed by atoms with Gasteiger partial charge in [0.2, 0.25) is 0 Å². The molecule has 0 fully saturated rings. The predicted octanol–water partition coefficient (Wildman–Crippen LogP) is -0.545. The van der Waals surface area contributed by atoms with Crippen molar-refractivity contribution in [3.63, 3.8) is 0 Å². The summed E-state index contributed by atoms with van der Waals surface area (Å²) >= 11 is 0. The smallest absolute Gasteiger partial charge is 0.342 e. The van der Waals surface area contributed by atoms with E-state index in [-0.39, 0.29) is 0 Å². The average Bonchev–Trinajstić information content (AvgIpc) is 2.33. The summed E-state index contributed by atoms with van der Waals surface area (Å²) in [6.07, 6.45) is 2.05. The van der Waals surface area contributed by atoms with Gasteiger partial charge in [0.15, 0.2) is 11.4 Å². The quantitative estimate of drug-likeness (QED) is 0.516. The molecule has 0 spiro atoms. The van der Waals surface area contributed by atoms with Gasteiger partial charge < -0.3 is 14.6 Å². The fourth-order valence-corrected chi connectivity index (χ4v) is 1.83. The Bertz CT molecular complexity index is 385. The summed E-state index contributed by atoms with van der Waals surface area (Å²) in [6.45, 7) is 1.42. The van der Waals surface area contributed by atoms with Crippen molar-refractivity contribution in [2.75, 3.05) is 14.2 Å². The summed E-state index contributed by atoms with van der Waals surface area (Å²) in [5, 5.41) is 10.1. The Kier molecular flexibility index (Phi) is 3.67. The molecule has 0 bridgehead atoms. The van der Waals surface area contributed by atoms with Gasteiger partial charge in [0.1, 0.15) is 5.92 Å². The standard InChI is InChI=1S/C11H14O6/c1-6-8(9(13)16-2)7(12)4-5-11(6,15)10(14)17-3/h4-6,8,15H,1-3H3. The van der Waals surface area contributed by atoms with Gasteiger partial charge in [-0.2, -0.15) is 0 Å². The molecule has 1 aliphatic rings. The van der Waals surface area contributed by atoms with E-state index in [9.17, 15) is 19.5 Å². The lowest BCUT2D eigenvalue weighted by Crippen LogP contribution is -2.52. The van der Waals surface area contributed by atoms with Gasteiger partial charge in [0.25, 0.3) is 0 Å². The molecule has 3 unspecified atom stereocenters. The van der Waals surface area contributed by atoms with Crippen LogP contribution >= 0.6 is 0 Å². The first kappa shape index (κ1) is 13.4. The summed E-state index contributed by atoms with van der Waals surface area (Å²) in [4.78, 5) is 34.5. The number of carbonyl (C=O) groups excluding carboxylic acids is 3. The van der Waals surface area contributed by atoms with Gasteiger partial charge in [-0.1, -0.05) is 6.92 Å². The van der Waals surface area contributed by atoms with Crippen molar-refractivity contribution in [3.8, 4) is 0 Å². The molecule has 0 aromatic rings. The summed E-state index contributed by atoms with van der Waals surface area (Å²) in [7, 11) is 2.25. The maximum atomic E-state index is 11.6. The SMILES string of the molecule is COC(=O)C1C(=O)C=CC(O)(C(=O)OC)C1C. The summed E-state index contributed by atoms with van der Waals surface area (Å²) in [6, 6.07) is 0. The van der Waals surface area contributed by atoms with E-state index < -0.39 is 35.2 Å². The number of aliphatic hydroxyl groups is 1. The Hall–Kier alpha value is -1.69. The molecule has 0 radical (unpaired) electrons. The summed E-state index contributed by atoms with van der Waals surface area (Å²) in [5.41, 5.74) is -1.98. The van der Waals surface area contributed by atoms with Crippen molar-refractivity contribution in [2.24, 2.45) is 11.8 Å². The lowest BCUT2D eigenvalue weighted by molar-refractivity contribution is -0.169. The number of carbonyl (C=O) groups is 3. The molecule has 6 heteroatoms. The molecular weight excluding hydrogens is 228 g/mol. The predicted molar refractivity (Wildman–Crippen MR) is 55.8 cm³/mol. The molecule has 6 nitrogen and oxygen atoms in total. The number of hydrogen-bond donors (Lipinski definition) is 1. The van der Waals surface area contributed by atoms with Crippen molar-refractivity contribution in [1.82, 2.24) is 0 Å². The van der Waals surface area contributed by atoms with Crippen LogP contribution in [0.1, 0.15) is 6.92 Å². The molecule has 0 amide bonds. The molecule has 0 heterocycles. The van der Waals surface area contributed by atoms with Crippen LogP contribution in [0.25, 0.3) is 0 Å². The second kappa shape index (κ2) is 4.67. The van der Waals surface area contributed by atoms with Crippen molar-refractivity contribution in [3.05, 3.63) is 12.2 Å². The van der Waals surface area contributed by atoms with E-state index in [0.29, 0.717) is 0 Å². The van der Waals surface area contributed by atoms with E-state index in [1.54, 1.807) is 0 Å². The monoisotopic (exact) mass is 242 g/mol. The molecule has 1 rings (SSSR count). The Labute approximate surface area is 98.2 Å². The van der Waals surface area contributed by atoms with Gasteiger partial charge in [0, 0.05) is 5.92 Å². The minimum Gasteiger partial charge on any atom is -0.468 e. The first-order valence-corrected chi connectivity index (χ1v) is 5.00. The van der Waals surface area contributed by atoms with Gasteiger partial charge in [-0.3, -0.25) is 9.59 Å². The van der Waals surface area contributed by atoms with Crippen molar-refractivity contribution in [2.45, 2.75) is 12.5 Å². The highest BCUT2D eigenvalue weighted by Crippen LogP contribution is 2.33. The highest BCUT2D eigenvalue weighted by Gasteiger charge is 2.51. The molecule has 0 aliphatic heterocycles. The summed E-state index contributed by atoms with van der Waals surface area (Å²) in [5.74, 6) is -4.34. The Morgan fingerprint density at radius 2 is 1.94 bits per heavy atom. The van der Waals surface area contributed by atoms with Gasteiger partial charge >= 0.3 is 11.9 Å². The average molecular weight is 242 g/mol. The van der Waals surface area contributed by atoms with E-state index in [4.69, 9.17) is 0 Å². The maximum Gasteiger partial charge on any atom is 0.342 e. The van der Waals surface area contributed by atoms with Crippen LogP contribution in [-0.4, -0.2) is 42.6 Å². The molecular formula is C11H14O6. The van der Waals surface area contributed by atoms with E-state index in [2.05, 4.69) is 9.47 Å². The normalized spacial score (nSPS) is 32.1. The zero-order valence-electron chi connectivity index (χ0n) is 9.80. The minimum absolute atomic E-state index is 0.502. The number of esters is 2. The lowest BCUT2D eigenvalue weighted by Gasteiger charge is -2.34. The molecule has 1 aliphatic carbocycles. The lowest BCUT2D eigenvalue weighted by atomic mass is 9.73. The van der Waals surface area contributed by atoms with Crippen LogP contribution in [-0.2, 0) is 23.9 Å². The second-order valence-electron chi connectivity index (χ2n) is 3.84. The number of hydrogen-bond acceptors (Lipinski definition) is 6. The number of ketones is 1. The third-order valence-corrected chi connectivity index (χ3v) is 2.97. The molecule has 0 aromatic heterocycles. The fourth-order valence-electron chi connectivity index (χ4n) is 1.83. The van der Waals surface area contributed by atoms with E-state index in [1.165, 1.54) is 6.92 Å². The highest BCUT2D eigenvalue weighted by molar-refractivity contribution is 6.07. The Balaban J connectivity index is 3.15. The molecule has 0 saturated heterocycles. The molecule has 0 saturated carbocycles. The first-order chi connectivity index (χ1) is 7.88. The number of allylic oxidation sites excluding steroid dienone is 1. The van der Waals surface area contributed by atoms with Crippen molar-refractivity contribution in [1.29, 1.82) is 0 Å². The molecule has 17 heavy (non-hydrogen) atoms. The van der Waals surface area contributed by atoms with Gasteiger partial charge in [-0.05, 0) is 12.2 Å². The van der Waals surface area contributed by atoms with Crippen LogP contribution in [0.15, 0.2) is 12.2 Å². The largest absolute Gasteiger partial charge is 0.468 e. The summed E-state index contributed by atoms with van der Waals surface area (Å²) < 4.78 is 8.94. The number of ether oxygens (including phenoxy) is 2. The third-order valence-electron chi connectivity index (χ3n) is 2.97. The Morgan fingerprint density at radius 3 is 2.41 bits per heavy atom. The van der Waals surface area contributed by atoms with Gasteiger partial charge in [-0.15, -0.1) is 0 Å². The Morgan fingerprint density at radius 1 is 1.35 bits per heavy atom. The third kappa shape index (κ3) is 2.08. The van der Waals surface area contributed by atoms with E-state index in [1.807, 2.05) is 0 Å². The van der Waals surface area contributed by atoms with Gasteiger partial charge in [-0.25, -0.2) is 4.79 Å². The molecule has 0 aromatic carbocycles. The van der Waals surface area contributed by atoms with E-state index in [0.717, 1.165) is 26.4 Å². The van der Waals surface area contributed by atoms with Crippen molar-refractivity contribution < 1.29 is 29.0 Å². The minimum atomic E-state index is -1.98. The second-order valence-corrected chi connectivity index (χ2v) is 3.84. The molecule has 1 N–H and O–H groups in total. The van der Waals surface area contributed by atoms with E-state index >= 15 is 0 Å². The molecule has 94 valence electrons. The van der Waals surface area contributed by atoms with Crippen LogP contribution in [0.2, 0.25) is 0 Å². The van der Waals surface area contributed by atoms with Crippen LogP contribution in [0.5, 0.6) is 0 Å². The molecule has 3 atom stereocenters. The van der Waals surface area contributed by atoms with Crippen molar-refractivity contribution >= 4 is 17.7 Å². The van der Waals surface area contributed by atoms with Crippen LogP contribution < -0.4 is 0 Å². The maximum absolute atomic E-state index is 11.6. The topological polar surface area (TPSA) is 89.9 Å². The van der Waals surface area contributed by atoms with Crippen LogP contribution in [0, 0.1) is 11.8 Å². The van der Waals surface area contributed by atoms with Crippen LogP contribution in [0.4, 0.5) is 0 Å². The van der Waals surface area contributed by atoms with Crippen LogP contribution in [0.3, 0.4) is 0 Å².